The first-order valence-electron chi connectivity index (χ1n) is 5.96. The summed E-state index contributed by atoms with van der Waals surface area (Å²) in [4.78, 5) is 12.1. The normalized spacial score (nSPS) is 26.5. The van der Waals surface area contributed by atoms with Gasteiger partial charge in [0.25, 0.3) is 0 Å². The molecule has 16 heavy (non-hydrogen) atoms. The number of hydrogen-bond donors (Lipinski definition) is 1. The van der Waals surface area contributed by atoms with E-state index in [9.17, 15) is 4.79 Å². The van der Waals surface area contributed by atoms with Gasteiger partial charge in [-0.25, -0.2) is 0 Å². The molecule has 0 aliphatic heterocycles. The zero-order valence-electron chi connectivity index (χ0n) is 10.4. The SMILES string of the molecule is CC(C)(C)OCC(=O)NC1CCCCC1Br. The van der Waals surface area contributed by atoms with Crippen molar-refractivity contribution in [2.45, 2.75) is 62.9 Å². The number of hydrogen-bond acceptors (Lipinski definition) is 2. The van der Waals surface area contributed by atoms with E-state index in [1.54, 1.807) is 0 Å². The van der Waals surface area contributed by atoms with Crippen LogP contribution in [0, 0.1) is 0 Å². The molecule has 1 N–H and O–H groups in total. The summed E-state index contributed by atoms with van der Waals surface area (Å²) in [6, 6.07) is 0.268. The molecule has 0 aromatic rings. The van der Waals surface area contributed by atoms with E-state index in [0.29, 0.717) is 4.83 Å². The number of alkyl halides is 1. The fourth-order valence-electron chi connectivity index (χ4n) is 1.78. The molecule has 0 aromatic carbocycles. The van der Waals surface area contributed by atoms with Crippen LogP contribution in [0.3, 0.4) is 0 Å². The van der Waals surface area contributed by atoms with Crippen LogP contribution in [0.2, 0.25) is 0 Å². The number of carbonyl (C=O) groups is 1. The van der Waals surface area contributed by atoms with Crippen LogP contribution in [0.5, 0.6) is 0 Å². The molecule has 1 fully saturated rings. The molecular weight excluding hydrogens is 270 g/mol. The Balaban J connectivity index is 2.28. The highest BCUT2D eigenvalue weighted by Gasteiger charge is 2.24. The molecule has 0 radical (unpaired) electrons. The lowest BCUT2D eigenvalue weighted by Crippen LogP contribution is -2.44. The lowest BCUT2D eigenvalue weighted by Gasteiger charge is -2.28. The second-order valence-corrected chi connectivity index (χ2v) is 6.55. The number of nitrogens with one attached hydrogen (secondary N) is 1. The summed E-state index contributed by atoms with van der Waals surface area (Å²) in [5.41, 5.74) is -0.252. The molecule has 0 heterocycles. The molecule has 94 valence electrons. The third-order valence-corrected chi connectivity index (χ3v) is 3.76. The third-order valence-electron chi connectivity index (χ3n) is 2.66. The van der Waals surface area contributed by atoms with Crippen molar-refractivity contribution < 1.29 is 9.53 Å². The summed E-state index contributed by atoms with van der Waals surface area (Å²) >= 11 is 3.62. The second-order valence-electron chi connectivity index (χ2n) is 5.38. The maximum atomic E-state index is 11.6. The average Bonchev–Trinajstić information content (AvgIpc) is 2.18. The maximum Gasteiger partial charge on any atom is 0.246 e. The Hall–Kier alpha value is -0.0900. The van der Waals surface area contributed by atoms with Crippen molar-refractivity contribution in [3.8, 4) is 0 Å². The molecule has 0 bridgehead atoms. The predicted molar refractivity (Wildman–Crippen MR) is 68.8 cm³/mol. The minimum Gasteiger partial charge on any atom is -0.366 e. The number of amides is 1. The fraction of sp³-hybridized carbons (Fsp3) is 0.917. The Kier molecular flexibility index (Phi) is 5.25. The Morgan fingerprint density at radius 3 is 2.56 bits per heavy atom. The van der Waals surface area contributed by atoms with Crippen molar-refractivity contribution in [3.05, 3.63) is 0 Å². The van der Waals surface area contributed by atoms with Gasteiger partial charge in [0.2, 0.25) is 5.91 Å². The van der Waals surface area contributed by atoms with E-state index in [-0.39, 0.29) is 24.2 Å². The van der Waals surface area contributed by atoms with Crippen LogP contribution in [0.25, 0.3) is 0 Å². The van der Waals surface area contributed by atoms with Crippen molar-refractivity contribution in [3.63, 3.8) is 0 Å². The van der Waals surface area contributed by atoms with Crippen molar-refractivity contribution in [2.75, 3.05) is 6.61 Å². The van der Waals surface area contributed by atoms with Gasteiger partial charge in [0.1, 0.15) is 6.61 Å². The van der Waals surface area contributed by atoms with Gasteiger partial charge in [0.15, 0.2) is 0 Å². The molecular formula is C12H22BrNO2. The molecule has 0 spiro atoms. The highest BCUT2D eigenvalue weighted by Crippen LogP contribution is 2.24. The van der Waals surface area contributed by atoms with Gasteiger partial charge in [0.05, 0.1) is 5.60 Å². The van der Waals surface area contributed by atoms with Gasteiger partial charge in [-0.3, -0.25) is 4.79 Å². The standard InChI is InChI=1S/C12H22BrNO2/c1-12(2,3)16-8-11(15)14-10-7-5-4-6-9(10)13/h9-10H,4-8H2,1-3H3,(H,14,15). The molecule has 4 heteroatoms. The predicted octanol–water partition coefficient (Wildman–Crippen LogP) is 2.62. The quantitative estimate of drug-likeness (QED) is 0.812. The zero-order valence-corrected chi connectivity index (χ0v) is 12.0. The summed E-state index contributed by atoms with van der Waals surface area (Å²) in [6.45, 7) is 6.01. The van der Waals surface area contributed by atoms with Gasteiger partial charge in [-0.2, -0.15) is 0 Å². The van der Waals surface area contributed by atoms with Crippen LogP contribution in [0.15, 0.2) is 0 Å². The van der Waals surface area contributed by atoms with E-state index in [1.807, 2.05) is 20.8 Å². The van der Waals surface area contributed by atoms with Crippen molar-refractivity contribution >= 4 is 21.8 Å². The minimum absolute atomic E-state index is 0.00808. The molecule has 1 aliphatic rings. The Morgan fingerprint density at radius 2 is 2.00 bits per heavy atom. The minimum atomic E-state index is -0.252. The van der Waals surface area contributed by atoms with Crippen LogP contribution in [0.4, 0.5) is 0 Å². The summed E-state index contributed by atoms with van der Waals surface area (Å²) in [5.74, 6) is -0.00808. The molecule has 2 unspecified atom stereocenters. The summed E-state index contributed by atoms with van der Waals surface area (Å²) < 4.78 is 5.44. The first-order valence-corrected chi connectivity index (χ1v) is 6.87. The number of rotatable bonds is 3. The molecule has 2 atom stereocenters. The summed E-state index contributed by atoms with van der Waals surface area (Å²) in [6.07, 6.45) is 4.66. The molecule has 0 aromatic heterocycles. The third kappa shape index (κ3) is 5.30. The van der Waals surface area contributed by atoms with Crippen LogP contribution < -0.4 is 5.32 Å². The maximum absolute atomic E-state index is 11.6. The van der Waals surface area contributed by atoms with Crippen molar-refractivity contribution in [1.82, 2.24) is 5.32 Å². The molecule has 3 nitrogen and oxygen atoms in total. The topological polar surface area (TPSA) is 38.3 Å². The molecule has 1 aliphatic carbocycles. The van der Waals surface area contributed by atoms with E-state index in [1.165, 1.54) is 12.8 Å². The number of halogens is 1. The lowest BCUT2D eigenvalue weighted by molar-refractivity contribution is -0.131. The van der Waals surface area contributed by atoms with E-state index < -0.39 is 0 Å². The molecule has 0 saturated heterocycles. The molecule has 1 amide bonds. The monoisotopic (exact) mass is 291 g/mol. The summed E-state index contributed by atoms with van der Waals surface area (Å²) in [7, 11) is 0. The molecule has 1 saturated carbocycles. The van der Waals surface area contributed by atoms with Gasteiger partial charge in [0, 0.05) is 10.9 Å². The average molecular weight is 292 g/mol. The van der Waals surface area contributed by atoms with Crippen LogP contribution in [-0.4, -0.2) is 29.0 Å². The van der Waals surface area contributed by atoms with E-state index in [2.05, 4.69) is 21.2 Å². The zero-order chi connectivity index (χ0) is 12.2. The van der Waals surface area contributed by atoms with E-state index in [0.717, 1.165) is 12.8 Å². The highest BCUT2D eigenvalue weighted by molar-refractivity contribution is 9.09. The molecule has 1 rings (SSSR count). The Labute approximate surface area is 106 Å². The van der Waals surface area contributed by atoms with E-state index in [4.69, 9.17) is 4.74 Å². The fourth-order valence-corrected chi connectivity index (χ4v) is 2.50. The second kappa shape index (κ2) is 6.01. The Morgan fingerprint density at radius 1 is 1.38 bits per heavy atom. The van der Waals surface area contributed by atoms with Crippen LogP contribution >= 0.6 is 15.9 Å². The Bertz CT molecular complexity index is 238. The lowest BCUT2D eigenvalue weighted by atomic mass is 9.95. The van der Waals surface area contributed by atoms with Crippen molar-refractivity contribution in [2.24, 2.45) is 0 Å². The van der Waals surface area contributed by atoms with Crippen LogP contribution in [0.1, 0.15) is 46.5 Å². The van der Waals surface area contributed by atoms with Gasteiger partial charge >= 0.3 is 0 Å². The number of carbonyl (C=O) groups excluding carboxylic acids is 1. The largest absolute Gasteiger partial charge is 0.366 e. The first kappa shape index (κ1) is 14.0. The van der Waals surface area contributed by atoms with Crippen molar-refractivity contribution in [1.29, 1.82) is 0 Å². The van der Waals surface area contributed by atoms with Gasteiger partial charge < -0.3 is 10.1 Å². The van der Waals surface area contributed by atoms with E-state index >= 15 is 0 Å². The smallest absolute Gasteiger partial charge is 0.246 e. The number of ether oxygens (including phenoxy) is 1. The van der Waals surface area contributed by atoms with Gasteiger partial charge in [-0.1, -0.05) is 28.8 Å². The highest BCUT2D eigenvalue weighted by atomic mass is 79.9. The first-order chi connectivity index (χ1) is 7.38. The summed E-state index contributed by atoms with van der Waals surface area (Å²) in [5, 5.41) is 3.03. The van der Waals surface area contributed by atoms with Gasteiger partial charge in [-0.15, -0.1) is 0 Å². The van der Waals surface area contributed by atoms with Crippen LogP contribution in [-0.2, 0) is 9.53 Å². The van der Waals surface area contributed by atoms with Gasteiger partial charge in [-0.05, 0) is 33.6 Å².